The first kappa shape index (κ1) is 9.08. The number of anilines is 1. The summed E-state index contributed by atoms with van der Waals surface area (Å²) in [5.41, 5.74) is 1.70. The highest BCUT2D eigenvalue weighted by Crippen LogP contribution is 2.23. The Kier molecular flexibility index (Phi) is 2.41. The lowest BCUT2D eigenvalue weighted by Gasteiger charge is -2.05. The Balaban J connectivity index is 2.34. The molecule has 0 fully saturated rings. The van der Waals surface area contributed by atoms with Gasteiger partial charge in [0.05, 0.1) is 6.20 Å². The Morgan fingerprint density at radius 2 is 2.07 bits per heavy atom. The van der Waals surface area contributed by atoms with Crippen molar-refractivity contribution in [2.24, 2.45) is 0 Å². The van der Waals surface area contributed by atoms with E-state index in [-0.39, 0.29) is 0 Å². The molecule has 0 saturated heterocycles. The highest BCUT2D eigenvalue weighted by Gasteiger charge is 2.06. The molecule has 2 aromatic heterocycles. The van der Waals surface area contributed by atoms with Crippen LogP contribution in [0.15, 0.2) is 24.0 Å². The number of hydrogen-bond donors (Lipinski definition) is 0. The van der Waals surface area contributed by atoms with E-state index < -0.39 is 0 Å². The molecule has 0 N–H and O–H groups in total. The van der Waals surface area contributed by atoms with Crippen molar-refractivity contribution in [2.75, 3.05) is 19.0 Å². The fourth-order valence-corrected chi connectivity index (χ4v) is 1.77. The average molecular weight is 206 g/mol. The van der Waals surface area contributed by atoms with Crippen LogP contribution in [0, 0.1) is 0 Å². The first-order valence-corrected chi connectivity index (χ1v) is 5.04. The average Bonchev–Trinajstić information content (AvgIpc) is 2.68. The zero-order valence-corrected chi connectivity index (χ0v) is 8.82. The molecule has 14 heavy (non-hydrogen) atoms. The molecule has 0 saturated carbocycles. The molecule has 0 aromatic carbocycles. The van der Waals surface area contributed by atoms with Crippen LogP contribution in [0.2, 0.25) is 0 Å². The van der Waals surface area contributed by atoms with Gasteiger partial charge in [0.15, 0.2) is 5.13 Å². The lowest BCUT2D eigenvalue weighted by Crippen LogP contribution is -2.07. The fraction of sp³-hybridized carbons (Fsp3) is 0.222. The van der Waals surface area contributed by atoms with E-state index in [2.05, 4.69) is 15.0 Å². The minimum atomic E-state index is 0.817. The summed E-state index contributed by atoms with van der Waals surface area (Å²) in [5, 5.41) is 2.96. The molecule has 0 bridgehead atoms. The molecule has 0 aliphatic heterocycles. The minimum absolute atomic E-state index is 0.817. The molecule has 4 nitrogen and oxygen atoms in total. The molecule has 0 amide bonds. The SMILES string of the molecule is CN(C)c1nc(-c2cnccn2)cs1. The van der Waals surface area contributed by atoms with Gasteiger partial charge in [-0.25, -0.2) is 4.98 Å². The normalized spacial score (nSPS) is 10.1. The second-order valence-corrected chi connectivity index (χ2v) is 3.84. The van der Waals surface area contributed by atoms with E-state index in [9.17, 15) is 0 Å². The second kappa shape index (κ2) is 3.71. The molecule has 72 valence electrons. The minimum Gasteiger partial charge on any atom is -0.354 e. The van der Waals surface area contributed by atoms with Crippen LogP contribution in [-0.4, -0.2) is 29.0 Å². The highest BCUT2D eigenvalue weighted by atomic mass is 32.1. The van der Waals surface area contributed by atoms with Crippen LogP contribution >= 0.6 is 11.3 Å². The lowest BCUT2D eigenvalue weighted by molar-refractivity contribution is 1.10. The summed E-state index contributed by atoms with van der Waals surface area (Å²) < 4.78 is 0. The predicted octanol–water partition coefficient (Wildman–Crippen LogP) is 1.67. The second-order valence-electron chi connectivity index (χ2n) is 3.00. The maximum absolute atomic E-state index is 4.42. The van der Waals surface area contributed by atoms with Crippen molar-refractivity contribution in [1.29, 1.82) is 0 Å². The van der Waals surface area contributed by atoms with Gasteiger partial charge in [0.1, 0.15) is 11.4 Å². The van der Waals surface area contributed by atoms with Crippen LogP contribution in [0.5, 0.6) is 0 Å². The van der Waals surface area contributed by atoms with Gasteiger partial charge in [-0.2, -0.15) is 0 Å². The smallest absolute Gasteiger partial charge is 0.185 e. The van der Waals surface area contributed by atoms with Crippen LogP contribution in [0.25, 0.3) is 11.4 Å². The Hall–Kier alpha value is -1.49. The van der Waals surface area contributed by atoms with Gasteiger partial charge in [0.25, 0.3) is 0 Å². The van der Waals surface area contributed by atoms with E-state index in [1.54, 1.807) is 29.9 Å². The molecule has 2 heterocycles. The van der Waals surface area contributed by atoms with E-state index in [1.807, 2.05) is 24.4 Å². The number of nitrogens with zero attached hydrogens (tertiary/aromatic N) is 4. The maximum atomic E-state index is 4.42. The third-order valence-corrected chi connectivity index (χ3v) is 2.71. The van der Waals surface area contributed by atoms with Gasteiger partial charge < -0.3 is 4.90 Å². The first-order chi connectivity index (χ1) is 6.77. The van der Waals surface area contributed by atoms with Crippen LogP contribution in [0.1, 0.15) is 0 Å². The number of aromatic nitrogens is 3. The topological polar surface area (TPSA) is 41.9 Å². The van der Waals surface area contributed by atoms with Crippen LogP contribution in [0.4, 0.5) is 5.13 Å². The highest BCUT2D eigenvalue weighted by molar-refractivity contribution is 7.14. The van der Waals surface area contributed by atoms with Crippen molar-refractivity contribution in [1.82, 2.24) is 15.0 Å². The van der Waals surface area contributed by atoms with Crippen LogP contribution in [0.3, 0.4) is 0 Å². The third kappa shape index (κ3) is 1.72. The summed E-state index contributed by atoms with van der Waals surface area (Å²) in [7, 11) is 3.94. The molecule has 0 unspecified atom stereocenters. The van der Waals surface area contributed by atoms with Gasteiger partial charge in [-0.05, 0) is 0 Å². The van der Waals surface area contributed by atoms with Gasteiger partial charge in [-0.3, -0.25) is 9.97 Å². The molecule has 2 rings (SSSR count). The van der Waals surface area contributed by atoms with Gasteiger partial charge in [0, 0.05) is 31.9 Å². The monoisotopic (exact) mass is 206 g/mol. The molecule has 0 radical (unpaired) electrons. The van der Waals surface area contributed by atoms with Crippen molar-refractivity contribution in [2.45, 2.75) is 0 Å². The van der Waals surface area contributed by atoms with Gasteiger partial charge >= 0.3 is 0 Å². The molecular weight excluding hydrogens is 196 g/mol. The van der Waals surface area contributed by atoms with E-state index in [1.165, 1.54) is 0 Å². The number of rotatable bonds is 2. The standard InChI is InChI=1S/C9H10N4S/c1-13(2)9-12-8(6-14-9)7-5-10-3-4-11-7/h3-6H,1-2H3. The molecule has 0 atom stereocenters. The van der Waals surface area contributed by atoms with Crippen molar-refractivity contribution < 1.29 is 0 Å². The molecule has 5 heteroatoms. The van der Waals surface area contributed by atoms with E-state index in [0.717, 1.165) is 16.5 Å². The molecule has 2 aromatic rings. The number of thiazole rings is 1. The summed E-state index contributed by atoms with van der Waals surface area (Å²) in [6, 6.07) is 0. The summed E-state index contributed by atoms with van der Waals surface area (Å²) in [4.78, 5) is 14.6. The number of hydrogen-bond acceptors (Lipinski definition) is 5. The molecule has 0 spiro atoms. The summed E-state index contributed by atoms with van der Waals surface area (Å²) in [6.45, 7) is 0. The van der Waals surface area contributed by atoms with Crippen molar-refractivity contribution >= 4 is 16.5 Å². The summed E-state index contributed by atoms with van der Waals surface area (Å²) >= 11 is 1.60. The summed E-state index contributed by atoms with van der Waals surface area (Å²) in [6.07, 6.45) is 5.04. The van der Waals surface area contributed by atoms with Crippen molar-refractivity contribution in [3.05, 3.63) is 24.0 Å². The Morgan fingerprint density at radius 1 is 1.21 bits per heavy atom. The molecule has 0 aliphatic rings. The maximum Gasteiger partial charge on any atom is 0.185 e. The zero-order chi connectivity index (χ0) is 9.97. The van der Waals surface area contributed by atoms with Crippen LogP contribution < -0.4 is 4.90 Å². The van der Waals surface area contributed by atoms with E-state index in [4.69, 9.17) is 0 Å². The van der Waals surface area contributed by atoms with Gasteiger partial charge in [-0.15, -0.1) is 11.3 Å². The third-order valence-electron chi connectivity index (χ3n) is 1.70. The van der Waals surface area contributed by atoms with E-state index >= 15 is 0 Å². The molecular formula is C9H10N4S. The predicted molar refractivity (Wildman–Crippen MR) is 57.5 cm³/mol. The quantitative estimate of drug-likeness (QED) is 0.749. The van der Waals surface area contributed by atoms with E-state index in [0.29, 0.717) is 0 Å². The fourth-order valence-electron chi connectivity index (χ4n) is 1.02. The Morgan fingerprint density at radius 3 is 2.64 bits per heavy atom. The Bertz CT molecular complexity index is 410. The summed E-state index contributed by atoms with van der Waals surface area (Å²) in [5.74, 6) is 0. The lowest BCUT2D eigenvalue weighted by atomic mass is 10.4. The Labute approximate surface area is 86.3 Å². The first-order valence-electron chi connectivity index (χ1n) is 4.16. The van der Waals surface area contributed by atoms with Crippen molar-refractivity contribution in [3.8, 4) is 11.4 Å². The molecule has 0 aliphatic carbocycles. The zero-order valence-electron chi connectivity index (χ0n) is 8.01. The van der Waals surface area contributed by atoms with Crippen molar-refractivity contribution in [3.63, 3.8) is 0 Å². The van der Waals surface area contributed by atoms with Crippen LogP contribution in [-0.2, 0) is 0 Å². The largest absolute Gasteiger partial charge is 0.354 e. The van der Waals surface area contributed by atoms with Gasteiger partial charge in [0.2, 0.25) is 0 Å². The van der Waals surface area contributed by atoms with Gasteiger partial charge in [-0.1, -0.05) is 0 Å².